The van der Waals surface area contributed by atoms with Crippen molar-refractivity contribution in [3.63, 3.8) is 0 Å². The standard InChI is InChI=1S/C11H15BrN2O3/c1-16-10-6-9(12)5-8(11(10)17-2)7-14-13-3-4-15/h5-7,13,15H,3-4H2,1-2H3. The van der Waals surface area contributed by atoms with Crippen molar-refractivity contribution in [1.82, 2.24) is 5.43 Å². The molecule has 1 aromatic carbocycles. The highest BCUT2D eigenvalue weighted by Gasteiger charge is 2.09. The first kappa shape index (κ1) is 13.8. The zero-order valence-corrected chi connectivity index (χ0v) is 11.3. The first-order valence-corrected chi connectivity index (χ1v) is 5.80. The molecule has 0 fully saturated rings. The molecule has 0 amide bonds. The van der Waals surface area contributed by atoms with Crippen LogP contribution in [0.25, 0.3) is 0 Å². The quantitative estimate of drug-likeness (QED) is 0.473. The van der Waals surface area contributed by atoms with Gasteiger partial charge in [0.15, 0.2) is 11.5 Å². The summed E-state index contributed by atoms with van der Waals surface area (Å²) >= 11 is 3.38. The van der Waals surface area contributed by atoms with E-state index < -0.39 is 0 Å². The molecular weight excluding hydrogens is 288 g/mol. The summed E-state index contributed by atoms with van der Waals surface area (Å²) in [7, 11) is 3.15. The van der Waals surface area contributed by atoms with Gasteiger partial charge in [0, 0.05) is 10.0 Å². The largest absolute Gasteiger partial charge is 0.493 e. The monoisotopic (exact) mass is 302 g/mol. The SMILES string of the molecule is COc1cc(Br)cc(C=NNCCO)c1OC. The summed E-state index contributed by atoms with van der Waals surface area (Å²) in [4.78, 5) is 0. The van der Waals surface area contributed by atoms with Gasteiger partial charge in [0.05, 0.1) is 33.6 Å². The Morgan fingerprint density at radius 2 is 2.18 bits per heavy atom. The van der Waals surface area contributed by atoms with E-state index in [4.69, 9.17) is 14.6 Å². The maximum absolute atomic E-state index is 8.60. The topological polar surface area (TPSA) is 63.1 Å². The summed E-state index contributed by atoms with van der Waals surface area (Å²) in [6.07, 6.45) is 1.61. The fraction of sp³-hybridized carbons (Fsp3) is 0.364. The van der Waals surface area contributed by atoms with Crippen molar-refractivity contribution in [2.45, 2.75) is 0 Å². The molecule has 0 spiro atoms. The Bertz CT molecular complexity index is 397. The van der Waals surface area contributed by atoms with E-state index >= 15 is 0 Å². The van der Waals surface area contributed by atoms with Crippen LogP contribution in [-0.4, -0.2) is 38.7 Å². The smallest absolute Gasteiger partial charge is 0.169 e. The van der Waals surface area contributed by atoms with Crippen molar-refractivity contribution in [1.29, 1.82) is 0 Å². The molecule has 0 aliphatic carbocycles. The van der Waals surface area contributed by atoms with E-state index in [0.717, 1.165) is 10.0 Å². The number of hydrogen-bond donors (Lipinski definition) is 2. The number of aliphatic hydroxyl groups excluding tert-OH is 1. The molecule has 0 aliphatic rings. The van der Waals surface area contributed by atoms with Crippen molar-refractivity contribution < 1.29 is 14.6 Å². The van der Waals surface area contributed by atoms with Gasteiger partial charge in [0.1, 0.15) is 0 Å². The lowest BCUT2D eigenvalue weighted by Crippen LogP contribution is -2.11. The summed E-state index contributed by atoms with van der Waals surface area (Å²) in [5, 5.41) is 12.6. The van der Waals surface area contributed by atoms with E-state index in [1.54, 1.807) is 20.4 Å². The number of rotatable bonds is 6. The highest BCUT2D eigenvalue weighted by molar-refractivity contribution is 9.10. The van der Waals surface area contributed by atoms with Gasteiger partial charge in [-0.25, -0.2) is 0 Å². The number of aliphatic hydroxyl groups is 1. The summed E-state index contributed by atoms with van der Waals surface area (Å²) in [5.41, 5.74) is 3.48. The normalized spacial score (nSPS) is 10.6. The number of methoxy groups -OCH3 is 2. The maximum Gasteiger partial charge on any atom is 0.169 e. The minimum atomic E-state index is 0.0380. The first-order chi connectivity index (χ1) is 8.22. The second-order valence-corrected chi connectivity index (χ2v) is 4.04. The Morgan fingerprint density at radius 1 is 1.41 bits per heavy atom. The van der Waals surface area contributed by atoms with Gasteiger partial charge in [-0.3, -0.25) is 0 Å². The Hall–Kier alpha value is -1.27. The second kappa shape index (κ2) is 7.13. The molecule has 1 rings (SSSR count). The Labute approximate surface area is 109 Å². The molecule has 0 bridgehead atoms. The van der Waals surface area contributed by atoms with Gasteiger partial charge in [-0.15, -0.1) is 0 Å². The zero-order chi connectivity index (χ0) is 12.7. The molecule has 94 valence electrons. The van der Waals surface area contributed by atoms with Crippen molar-refractivity contribution in [3.05, 3.63) is 22.2 Å². The van der Waals surface area contributed by atoms with E-state index in [1.165, 1.54) is 0 Å². The minimum absolute atomic E-state index is 0.0380. The molecule has 1 aromatic rings. The number of halogens is 1. The van der Waals surface area contributed by atoms with Crippen LogP contribution >= 0.6 is 15.9 Å². The zero-order valence-electron chi connectivity index (χ0n) is 9.74. The van der Waals surface area contributed by atoms with E-state index in [0.29, 0.717) is 18.0 Å². The molecule has 0 aromatic heterocycles. The van der Waals surface area contributed by atoms with Gasteiger partial charge in [-0.1, -0.05) is 15.9 Å². The number of ether oxygens (including phenoxy) is 2. The van der Waals surface area contributed by atoms with Gasteiger partial charge in [0.2, 0.25) is 0 Å². The highest BCUT2D eigenvalue weighted by atomic mass is 79.9. The van der Waals surface area contributed by atoms with Crippen molar-refractivity contribution in [2.24, 2.45) is 5.10 Å². The summed E-state index contributed by atoms with van der Waals surface area (Å²) < 4.78 is 11.3. The van der Waals surface area contributed by atoms with Crippen molar-refractivity contribution >= 4 is 22.1 Å². The number of hydrazone groups is 1. The van der Waals surface area contributed by atoms with Crippen LogP contribution in [0.3, 0.4) is 0 Å². The number of nitrogens with zero attached hydrogens (tertiary/aromatic N) is 1. The third-order valence-corrected chi connectivity index (χ3v) is 2.45. The molecule has 0 radical (unpaired) electrons. The minimum Gasteiger partial charge on any atom is -0.493 e. The maximum atomic E-state index is 8.60. The number of nitrogens with one attached hydrogen (secondary N) is 1. The molecule has 2 N–H and O–H groups in total. The van der Waals surface area contributed by atoms with Gasteiger partial charge >= 0.3 is 0 Å². The third-order valence-electron chi connectivity index (χ3n) is 1.99. The lowest BCUT2D eigenvalue weighted by atomic mass is 10.2. The number of benzene rings is 1. The molecule has 0 heterocycles. The Balaban J connectivity index is 2.96. The van der Waals surface area contributed by atoms with Crippen LogP contribution in [0, 0.1) is 0 Å². The van der Waals surface area contributed by atoms with Gasteiger partial charge < -0.3 is 20.0 Å². The molecule has 5 nitrogen and oxygen atoms in total. The lowest BCUT2D eigenvalue weighted by Gasteiger charge is -2.10. The van der Waals surface area contributed by atoms with Crippen LogP contribution in [0.2, 0.25) is 0 Å². The van der Waals surface area contributed by atoms with E-state index in [-0.39, 0.29) is 6.61 Å². The lowest BCUT2D eigenvalue weighted by molar-refractivity contribution is 0.294. The molecule has 0 aliphatic heterocycles. The van der Waals surface area contributed by atoms with E-state index in [1.807, 2.05) is 12.1 Å². The molecular formula is C11H15BrN2O3. The Morgan fingerprint density at radius 3 is 2.76 bits per heavy atom. The summed E-state index contributed by atoms with van der Waals surface area (Å²) in [5.74, 6) is 1.25. The average Bonchev–Trinajstić information content (AvgIpc) is 2.33. The second-order valence-electron chi connectivity index (χ2n) is 3.12. The van der Waals surface area contributed by atoms with Gasteiger partial charge in [-0.2, -0.15) is 5.10 Å². The van der Waals surface area contributed by atoms with Gasteiger partial charge in [0.25, 0.3) is 0 Å². The van der Waals surface area contributed by atoms with Crippen LogP contribution in [-0.2, 0) is 0 Å². The molecule has 0 saturated carbocycles. The molecule has 6 heteroatoms. The predicted octanol–water partition coefficient (Wildman–Crippen LogP) is 1.38. The first-order valence-electron chi connectivity index (χ1n) is 5.01. The van der Waals surface area contributed by atoms with E-state index in [9.17, 15) is 0 Å². The van der Waals surface area contributed by atoms with Gasteiger partial charge in [-0.05, 0) is 12.1 Å². The molecule has 0 unspecified atom stereocenters. The van der Waals surface area contributed by atoms with Crippen molar-refractivity contribution in [3.8, 4) is 11.5 Å². The number of hydrogen-bond acceptors (Lipinski definition) is 5. The summed E-state index contributed by atoms with van der Waals surface area (Å²) in [6.45, 7) is 0.445. The van der Waals surface area contributed by atoms with Crippen molar-refractivity contribution in [2.75, 3.05) is 27.4 Å². The average molecular weight is 303 g/mol. The van der Waals surface area contributed by atoms with E-state index in [2.05, 4.69) is 26.5 Å². The Kier molecular flexibility index (Phi) is 5.79. The summed E-state index contributed by atoms with van der Waals surface area (Å²) in [6, 6.07) is 3.68. The van der Waals surface area contributed by atoms with Crippen LogP contribution in [0.4, 0.5) is 0 Å². The molecule has 0 saturated heterocycles. The fourth-order valence-corrected chi connectivity index (χ4v) is 1.74. The highest BCUT2D eigenvalue weighted by Crippen LogP contribution is 2.33. The van der Waals surface area contributed by atoms with Crippen LogP contribution in [0.5, 0.6) is 11.5 Å². The molecule has 0 atom stereocenters. The van der Waals surface area contributed by atoms with Crippen LogP contribution < -0.4 is 14.9 Å². The molecule has 17 heavy (non-hydrogen) atoms. The predicted molar refractivity (Wildman–Crippen MR) is 69.9 cm³/mol. The van der Waals surface area contributed by atoms with Crippen LogP contribution in [0.15, 0.2) is 21.7 Å². The fourth-order valence-electron chi connectivity index (χ4n) is 1.28. The van der Waals surface area contributed by atoms with Crippen LogP contribution in [0.1, 0.15) is 5.56 Å². The third kappa shape index (κ3) is 3.90.